The van der Waals surface area contributed by atoms with Crippen LogP contribution in [-0.4, -0.2) is 22.0 Å². The van der Waals surface area contributed by atoms with Crippen LogP contribution >= 0.6 is 0 Å². The first kappa shape index (κ1) is 15.4. The monoisotopic (exact) mass is 318 g/mol. The van der Waals surface area contributed by atoms with Crippen LogP contribution < -0.4 is 11.1 Å². The first-order valence-electron chi connectivity index (χ1n) is 7.24. The Morgan fingerprint density at radius 3 is 2.25 bits per heavy atom. The lowest BCUT2D eigenvalue weighted by Gasteiger charge is -2.05. The molecule has 0 atom stereocenters. The Morgan fingerprint density at radius 1 is 0.833 bits per heavy atom. The third-order valence-electron chi connectivity index (χ3n) is 3.38. The molecule has 0 aliphatic carbocycles. The fraction of sp³-hybridized carbons (Fsp3) is 0. The summed E-state index contributed by atoms with van der Waals surface area (Å²) in [5, 5.41) is 10.8. The van der Waals surface area contributed by atoms with Crippen LogP contribution in [-0.2, 0) is 0 Å². The van der Waals surface area contributed by atoms with E-state index in [2.05, 4.69) is 15.5 Å². The summed E-state index contributed by atoms with van der Waals surface area (Å²) in [6, 6.07) is 19.0. The highest BCUT2D eigenvalue weighted by molar-refractivity contribution is 6.03. The van der Waals surface area contributed by atoms with Gasteiger partial charge in [-0.3, -0.25) is 9.59 Å². The van der Waals surface area contributed by atoms with E-state index in [0.29, 0.717) is 22.6 Å². The van der Waals surface area contributed by atoms with Crippen LogP contribution in [0.15, 0.2) is 66.7 Å². The number of hydrogen-bond donors (Lipinski definition) is 2. The second kappa shape index (κ2) is 6.70. The molecule has 0 fully saturated rings. The van der Waals surface area contributed by atoms with Crippen molar-refractivity contribution in [3.8, 4) is 11.3 Å². The second-order valence-electron chi connectivity index (χ2n) is 5.07. The van der Waals surface area contributed by atoms with Gasteiger partial charge in [0.15, 0.2) is 5.82 Å². The van der Waals surface area contributed by atoms with Gasteiger partial charge in [0.2, 0.25) is 5.91 Å². The van der Waals surface area contributed by atoms with Gasteiger partial charge >= 0.3 is 0 Å². The van der Waals surface area contributed by atoms with Gasteiger partial charge in [0.05, 0.1) is 5.69 Å². The number of nitrogens with one attached hydrogen (secondary N) is 1. The van der Waals surface area contributed by atoms with E-state index in [0.717, 1.165) is 5.56 Å². The van der Waals surface area contributed by atoms with Crippen LogP contribution in [0.4, 0.5) is 5.82 Å². The molecule has 0 unspecified atom stereocenters. The van der Waals surface area contributed by atoms with E-state index >= 15 is 0 Å². The molecule has 6 heteroatoms. The fourth-order valence-electron chi connectivity index (χ4n) is 2.16. The highest BCUT2D eigenvalue weighted by atomic mass is 16.2. The summed E-state index contributed by atoms with van der Waals surface area (Å²) in [5.74, 6) is -0.413. The van der Waals surface area contributed by atoms with Gasteiger partial charge in [0.1, 0.15) is 0 Å². The van der Waals surface area contributed by atoms with Crippen molar-refractivity contribution in [1.82, 2.24) is 10.2 Å². The maximum Gasteiger partial charge on any atom is 0.256 e. The Labute approximate surface area is 138 Å². The third kappa shape index (κ3) is 3.44. The summed E-state index contributed by atoms with van der Waals surface area (Å²) in [6.45, 7) is 0. The standard InChI is InChI=1S/C18H14N4O2/c19-17(23)14-8-4-7-13(11-14)15-9-10-16(22-21-15)20-18(24)12-5-2-1-3-6-12/h1-11H,(H2,19,23)(H,20,22,24). The lowest BCUT2D eigenvalue weighted by Crippen LogP contribution is -2.13. The molecule has 6 nitrogen and oxygen atoms in total. The molecule has 24 heavy (non-hydrogen) atoms. The molecule has 3 N–H and O–H groups in total. The number of rotatable bonds is 4. The molecule has 1 aromatic heterocycles. The summed E-state index contributed by atoms with van der Waals surface area (Å²) in [5.41, 5.74) is 7.51. The lowest BCUT2D eigenvalue weighted by atomic mass is 10.1. The molecule has 2 amide bonds. The van der Waals surface area contributed by atoms with Gasteiger partial charge in [-0.2, -0.15) is 0 Å². The third-order valence-corrected chi connectivity index (χ3v) is 3.38. The Balaban J connectivity index is 1.77. The average molecular weight is 318 g/mol. The second-order valence-corrected chi connectivity index (χ2v) is 5.07. The summed E-state index contributed by atoms with van der Waals surface area (Å²) < 4.78 is 0. The highest BCUT2D eigenvalue weighted by Crippen LogP contribution is 2.18. The van der Waals surface area contributed by atoms with Gasteiger partial charge in [-0.15, -0.1) is 10.2 Å². The Morgan fingerprint density at radius 2 is 1.58 bits per heavy atom. The normalized spacial score (nSPS) is 10.2. The average Bonchev–Trinajstić information content (AvgIpc) is 2.63. The number of carbonyl (C=O) groups is 2. The van der Waals surface area contributed by atoms with Crippen LogP contribution in [0.25, 0.3) is 11.3 Å². The van der Waals surface area contributed by atoms with E-state index in [1.165, 1.54) is 0 Å². The summed E-state index contributed by atoms with van der Waals surface area (Å²) in [6.07, 6.45) is 0. The molecular formula is C18H14N4O2. The molecule has 118 valence electrons. The van der Waals surface area contributed by atoms with Gasteiger partial charge in [-0.1, -0.05) is 30.3 Å². The molecule has 3 aromatic rings. The maximum atomic E-state index is 12.1. The molecule has 1 heterocycles. The number of hydrogen-bond acceptors (Lipinski definition) is 4. The topological polar surface area (TPSA) is 98.0 Å². The van der Waals surface area contributed by atoms with Crippen molar-refractivity contribution in [3.63, 3.8) is 0 Å². The Kier molecular flexibility index (Phi) is 4.29. The number of amides is 2. The van der Waals surface area contributed by atoms with Crippen molar-refractivity contribution in [1.29, 1.82) is 0 Å². The number of nitrogens with two attached hydrogens (primary N) is 1. The fourth-order valence-corrected chi connectivity index (χ4v) is 2.16. The smallest absolute Gasteiger partial charge is 0.256 e. The van der Waals surface area contributed by atoms with Crippen LogP contribution in [0.1, 0.15) is 20.7 Å². The van der Waals surface area contributed by atoms with Crippen LogP contribution in [0.3, 0.4) is 0 Å². The Hall–Kier alpha value is -3.54. The van der Waals surface area contributed by atoms with Crippen molar-refractivity contribution in [2.24, 2.45) is 5.73 Å². The van der Waals surface area contributed by atoms with Crippen molar-refractivity contribution < 1.29 is 9.59 Å². The van der Waals surface area contributed by atoms with Gasteiger partial charge < -0.3 is 11.1 Å². The number of benzene rings is 2. The zero-order chi connectivity index (χ0) is 16.9. The quantitative estimate of drug-likeness (QED) is 0.772. The van der Waals surface area contributed by atoms with Crippen molar-refractivity contribution >= 4 is 17.6 Å². The van der Waals surface area contributed by atoms with E-state index in [1.54, 1.807) is 60.7 Å². The molecular weight excluding hydrogens is 304 g/mol. The minimum atomic E-state index is -0.503. The van der Waals surface area contributed by atoms with E-state index in [9.17, 15) is 9.59 Å². The first-order chi connectivity index (χ1) is 11.6. The van der Waals surface area contributed by atoms with E-state index < -0.39 is 5.91 Å². The van der Waals surface area contributed by atoms with Crippen molar-refractivity contribution in [2.45, 2.75) is 0 Å². The number of carbonyl (C=O) groups excluding carboxylic acids is 2. The van der Waals surface area contributed by atoms with Crippen molar-refractivity contribution in [2.75, 3.05) is 5.32 Å². The molecule has 0 spiro atoms. The minimum Gasteiger partial charge on any atom is -0.366 e. The summed E-state index contributed by atoms with van der Waals surface area (Å²) >= 11 is 0. The van der Waals surface area contributed by atoms with Gasteiger partial charge in [-0.25, -0.2) is 0 Å². The van der Waals surface area contributed by atoms with Crippen LogP contribution in [0.5, 0.6) is 0 Å². The molecule has 2 aromatic carbocycles. The zero-order valence-electron chi connectivity index (χ0n) is 12.6. The molecule has 0 saturated carbocycles. The molecule has 0 saturated heterocycles. The molecule has 0 aliphatic heterocycles. The predicted molar refractivity (Wildman–Crippen MR) is 90.4 cm³/mol. The first-order valence-corrected chi connectivity index (χ1v) is 7.24. The van der Waals surface area contributed by atoms with E-state index in [-0.39, 0.29) is 5.91 Å². The minimum absolute atomic E-state index is 0.256. The lowest BCUT2D eigenvalue weighted by molar-refractivity contribution is 0.0997. The number of nitrogens with zero attached hydrogens (tertiary/aromatic N) is 2. The van der Waals surface area contributed by atoms with Crippen LogP contribution in [0.2, 0.25) is 0 Å². The van der Waals surface area contributed by atoms with E-state index in [1.807, 2.05) is 6.07 Å². The molecule has 0 bridgehead atoms. The summed E-state index contributed by atoms with van der Waals surface area (Å²) in [7, 11) is 0. The van der Waals surface area contributed by atoms with E-state index in [4.69, 9.17) is 5.73 Å². The highest BCUT2D eigenvalue weighted by Gasteiger charge is 2.08. The van der Waals surface area contributed by atoms with Gasteiger partial charge in [0, 0.05) is 16.7 Å². The molecule has 0 aliphatic rings. The number of anilines is 1. The van der Waals surface area contributed by atoms with Gasteiger partial charge in [0.25, 0.3) is 5.91 Å². The SMILES string of the molecule is NC(=O)c1cccc(-c2ccc(NC(=O)c3ccccc3)nn2)c1. The zero-order valence-corrected chi connectivity index (χ0v) is 12.6. The molecule has 3 rings (SSSR count). The summed E-state index contributed by atoms with van der Waals surface area (Å²) in [4.78, 5) is 23.3. The van der Waals surface area contributed by atoms with Gasteiger partial charge in [-0.05, 0) is 36.4 Å². The number of primary amides is 1. The van der Waals surface area contributed by atoms with Crippen molar-refractivity contribution in [3.05, 3.63) is 77.9 Å². The predicted octanol–water partition coefficient (Wildman–Crippen LogP) is 2.49. The number of aromatic nitrogens is 2. The molecule has 0 radical (unpaired) electrons. The Bertz CT molecular complexity index is 877. The largest absolute Gasteiger partial charge is 0.366 e. The maximum absolute atomic E-state index is 12.1. The van der Waals surface area contributed by atoms with Crippen LogP contribution in [0, 0.1) is 0 Å².